The predicted molar refractivity (Wildman–Crippen MR) is 48.6 cm³/mol. The molecular formula is C10F16O. The van der Waals surface area contributed by atoms with E-state index in [4.69, 9.17) is 0 Å². The lowest BCUT2D eigenvalue weighted by Crippen LogP contribution is -2.50. The average Bonchev–Trinajstić information content (AvgIpc) is 2.77. The number of hydrogen-bond donors (Lipinski definition) is 0. The molecule has 0 aliphatic heterocycles. The second kappa shape index (κ2) is 5.83. The van der Waals surface area contributed by atoms with Crippen LogP contribution in [0, 0.1) is 0 Å². The number of hydrogen-bond acceptors (Lipinski definition) is 1. The van der Waals surface area contributed by atoms with Gasteiger partial charge in [0.25, 0.3) is 0 Å². The summed E-state index contributed by atoms with van der Waals surface area (Å²) in [7, 11) is 0. The van der Waals surface area contributed by atoms with Crippen LogP contribution in [0.15, 0.2) is 4.42 Å². The molecule has 0 amide bonds. The van der Waals surface area contributed by atoms with Gasteiger partial charge in [-0.2, -0.15) is 70.2 Å². The zero-order valence-corrected chi connectivity index (χ0v) is 11.5. The van der Waals surface area contributed by atoms with Crippen molar-refractivity contribution in [2.45, 2.75) is 36.6 Å². The molecule has 0 radical (unpaired) electrons. The van der Waals surface area contributed by atoms with Gasteiger partial charge in [0.15, 0.2) is 5.76 Å². The molecule has 0 aliphatic carbocycles. The van der Waals surface area contributed by atoms with Crippen LogP contribution in [-0.4, -0.2) is 12.1 Å². The maximum Gasteiger partial charge on any atom is 0.460 e. The van der Waals surface area contributed by atoms with Gasteiger partial charge in [0.05, 0.1) is 0 Å². The Hall–Kier alpha value is -1.84. The maximum absolute atomic E-state index is 13.4. The topological polar surface area (TPSA) is 13.1 Å². The van der Waals surface area contributed by atoms with Crippen molar-refractivity contribution in [2.75, 3.05) is 0 Å². The Morgan fingerprint density at radius 3 is 1.04 bits per heavy atom. The maximum atomic E-state index is 13.4. The van der Waals surface area contributed by atoms with Crippen molar-refractivity contribution in [2.24, 2.45) is 0 Å². The summed E-state index contributed by atoms with van der Waals surface area (Å²) in [6.45, 7) is 0. The van der Waals surface area contributed by atoms with Crippen molar-refractivity contribution < 1.29 is 74.7 Å². The Morgan fingerprint density at radius 1 is 0.444 bits per heavy atom. The van der Waals surface area contributed by atoms with Crippen LogP contribution in [0.25, 0.3) is 0 Å². The lowest BCUT2D eigenvalue weighted by Gasteiger charge is -2.27. The Kier molecular flexibility index (Phi) is 5.01. The number of halogens is 16. The van der Waals surface area contributed by atoms with Crippen LogP contribution in [-0.2, 0) is 24.5 Å². The molecule has 1 rings (SSSR count). The quantitative estimate of drug-likeness (QED) is 0.471. The van der Waals surface area contributed by atoms with Crippen LogP contribution < -0.4 is 0 Å². The molecule has 0 atom stereocenters. The summed E-state index contributed by atoms with van der Waals surface area (Å²) in [5, 5.41) is 0. The van der Waals surface area contributed by atoms with Gasteiger partial charge in [-0.25, -0.2) is 0 Å². The number of rotatable bonds is 2. The average molecular weight is 440 g/mol. The van der Waals surface area contributed by atoms with Gasteiger partial charge in [0.2, 0.25) is 5.76 Å². The van der Waals surface area contributed by atoms with Crippen molar-refractivity contribution >= 4 is 0 Å². The van der Waals surface area contributed by atoms with Gasteiger partial charge in [0, 0.05) is 0 Å². The lowest BCUT2D eigenvalue weighted by molar-refractivity contribution is -0.364. The molecule has 158 valence electrons. The van der Waals surface area contributed by atoms with E-state index in [9.17, 15) is 70.2 Å². The van der Waals surface area contributed by atoms with Crippen molar-refractivity contribution in [1.82, 2.24) is 0 Å². The minimum atomic E-state index is -7.51. The molecule has 0 unspecified atom stereocenters. The highest BCUT2D eigenvalue weighted by Crippen LogP contribution is 2.58. The number of alkyl halides is 16. The molecular weight excluding hydrogens is 440 g/mol. The third-order valence-corrected chi connectivity index (χ3v) is 2.77. The molecule has 0 saturated carbocycles. The van der Waals surface area contributed by atoms with Crippen LogP contribution in [0.5, 0.6) is 0 Å². The van der Waals surface area contributed by atoms with Gasteiger partial charge >= 0.3 is 36.6 Å². The molecule has 1 nitrogen and oxygen atoms in total. The van der Waals surface area contributed by atoms with E-state index in [-0.39, 0.29) is 0 Å². The molecule has 0 N–H and O–H groups in total. The van der Waals surface area contributed by atoms with E-state index in [1.807, 2.05) is 0 Å². The Labute approximate surface area is 135 Å². The Morgan fingerprint density at radius 2 is 0.778 bits per heavy atom. The third-order valence-electron chi connectivity index (χ3n) is 2.77. The van der Waals surface area contributed by atoms with E-state index in [0.717, 1.165) is 0 Å². The zero-order valence-electron chi connectivity index (χ0n) is 11.5. The molecule has 17 heteroatoms. The molecule has 0 bridgehead atoms. The standard InChI is InChI=1S/C10F16O/c11-5(12,9(22,23)10(24,25)26)3-1(6(13,14)15)2(7(16,17)18)4(27-3)8(19,20)21. The van der Waals surface area contributed by atoms with E-state index in [0.29, 0.717) is 0 Å². The van der Waals surface area contributed by atoms with Crippen LogP contribution in [0.3, 0.4) is 0 Å². The third kappa shape index (κ3) is 3.76. The monoisotopic (exact) mass is 440 g/mol. The highest BCUT2D eigenvalue weighted by molar-refractivity contribution is 5.42. The highest BCUT2D eigenvalue weighted by atomic mass is 19.4. The summed E-state index contributed by atoms with van der Waals surface area (Å²) in [5.74, 6) is -22.8. The Balaban J connectivity index is 4.10. The van der Waals surface area contributed by atoms with Crippen molar-refractivity contribution in [1.29, 1.82) is 0 Å². The van der Waals surface area contributed by atoms with E-state index >= 15 is 0 Å². The van der Waals surface area contributed by atoms with E-state index in [1.165, 1.54) is 0 Å². The van der Waals surface area contributed by atoms with Gasteiger partial charge in [-0.15, -0.1) is 0 Å². The molecule has 0 spiro atoms. The number of furan rings is 1. The minimum Gasteiger partial charge on any atom is -0.449 e. The van der Waals surface area contributed by atoms with Crippen molar-refractivity contribution in [3.8, 4) is 0 Å². The second-order valence-corrected chi connectivity index (χ2v) is 4.65. The fourth-order valence-electron chi connectivity index (χ4n) is 1.71. The first-order valence-electron chi connectivity index (χ1n) is 5.68. The van der Waals surface area contributed by atoms with Gasteiger partial charge in [-0.3, -0.25) is 0 Å². The highest BCUT2D eigenvalue weighted by Gasteiger charge is 2.77. The molecule has 0 aromatic carbocycles. The van der Waals surface area contributed by atoms with Gasteiger partial charge in [0.1, 0.15) is 11.1 Å². The SMILES string of the molecule is FC(F)(F)c1oc(C(F)(F)C(F)(F)C(F)(F)F)c(C(F)(F)F)c1C(F)(F)F. The summed E-state index contributed by atoms with van der Waals surface area (Å²) in [6, 6.07) is 0. The van der Waals surface area contributed by atoms with E-state index in [1.54, 1.807) is 0 Å². The van der Waals surface area contributed by atoms with Crippen LogP contribution in [0.1, 0.15) is 22.6 Å². The van der Waals surface area contributed by atoms with Gasteiger partial charge in [-0.1, -0.05) is 0 Å². The molecule has 0 aliphatic rings. The molecule has 0 saturated heterocycles. The lowest BCUT2D eigenvalue weighted by atomic mass is 10.0. The van der Waals surface area contributed by atoms with Crippen LogP contribution >= 0.6 is 0 Å². The van der Waals surface area contributed by atoms with Gasteiger partial charge < -0.3 is 4.42 Å². The largest absolute Gasteiger partial charge is 0.460 e. The first kappa shape index (κ1) is 23.2. The molecule has 1 aromatic heterocycles. The van der Waals surface area contributed by atoms with Crippen molar-refractivity contribution in [3.63, 3.8) is 0 Å². The second-order valence-electron chi connectivity index (χ2n) is 4.65. The van der Waals surface area contributed by atoms with Gasteiger partial charge in [-0.05, 0) is 0 Å². The van der Waals surface area contributed by atoms with Crippen LogP contribution in [0.2, 0.25) is 0 Å². The smallest absolute Gasteiger partial charge is 0.449 e. The summed E-state index contributed by atoms with van der Waals surface area (Å²) < 4.78 is 204. The zero-order chi connectivity index (χ0) is 22.0. The van der Waals surface area contributed by atoms with Crippen LogP contribution in [0.4, 0.5) is 70.2 Å². The minimum absolute atomic E-state index is 2.61. The summed E-state index contributed by atoms with van der Waals surface area (Å²) in [6.07, 6.45) is -27.6. The molecule has 0 fully saturated rings. The summed E-state index contributed by atoms with van der Waals surface area (Å²) in [5.41, 5.74) is -8.17. The van der Waals surface area contributed by atoms with E-state index in [2.05, 4.69) is 4.42 Å². The fourth-order valence-corrected chi connectivity index (χ4v) is 1.71. The summed E-state index contributed by atoms with van der Waals surface area (Å²) >= 11 is 0. The van der Waals surface area contributed by atoms with Crippen molar-refractivity contribution in [3.05, 3.63) is 22.6 Å². The predicted octanol–water partition coefficient (Wildman–Crippen LogP) is 6.63. The first-order chi connectivity index (χ1) is 11.5. The summed E-state index contributed by atoms with van der Waals surface area (Å²) in [4.78, 5) is 0. The molecule has 1 heterocycles. The molecule has 1 aromatic rings. The fraction of sp³-hybridized carbons (Fsp3) is 0.600. The first-order valence-corrected chi connectivity index (χ1v) is 5.68. The Bertz CT molecular complexity index is 693. The van der Waals surface area contributed by atoms with E-state index < -0.39 is 59.2 Å². The normalized spacial score (nSPS) is 15.4. The molecule has 27 heavy (non-hydrogen) atoms.